The second-order valence-electron chi connectivity index (χ2n) is 10.1. The normalized spacial score (nSPS) is 20.4. The molecule has 1 saturated carbocycles. The smallest absolute Gasteiger partial charge is 0.130 e. The van der Waals surface area contributed by atoms with Crippen LogP contribution in [0.15, 0.2) is 78.2 Å². The molecular formula is C30H35FN2S. The molecule has 4 rings (SSSR count). The van der Waals surface area contributed by atoms with Crippen molar-refractivity contribution in [3.05, 3.63) is 89.4 Å². The Balaban J connectivity index is 1.40. The summed E-state index contributed by atoms with van der Waals surface area (Å²) in [6.07, 6.45) is 3.02. The van der Waals surface area contributed by atoms with Crippen LogP contribution in [0.3, 0.4) is 0 Å². The highest BCUT2D eigenvalue weighted by Crippen LogP contribution is 2.40. The molecule has 0 amide bonds. The Bertz CT molecular complexity index is 1120. The van der Waals surface area contributed by atoms with Crippen LogP contribution in [0.4, 0.5) is 4.39 Å². The summed E-state index contributed by atoms with van der Waals surface area (Å²) in [5.41, 5.74) is 6.19. The molecule has 1 N–H and O–H groups in total. The number of halogens is 1. The van der Waals surface area contributed by atoms with Crippen molar-refractivity contribution in [2.45, 2.75) is 45.7 Å². The van der Waals surface area contributed by atoms with E-state index in [4.69, 9.17) is 5.41 Å². The first-order valence-corrected chi connectivity index (χ1v) is 13.0. The predicted molar refractivity (Wildman–Crippen MR) is 146 cm³/mol. The number of nitrogens with one attached hydrogen (secondary N) is 1. The molecule has 0 aromatic heterocycles. The van der Waals surface area contributed by atoms with E-state index in [0.29, 0.717) is 17.4 Å². The molecule has 1 atom stereocenters. The summed E-state index contributed by atoms with van der Waals surface area (Å²) in [7, 11) is 0. The second kappa shape index (κ2) is 9.95. The van der Waals surface area contributed by atoms with Gasteiger partial charge in [-0.2, -0.15) is 0 Å². The lowest BCUT2D eigenvalue weighted by Gasteiger charge is -2.35. The number of alkyl halides is 1. The van der Waals surface area contributed by atoms with Gasteiger partial charge >= 0.3 is 0 Å². The molecule has 34 heavy (non-hydrogen) atoms. The minimum atomic E-state index is -1.35. The average molecular weight is 475 g/mol. The van der Waals surface area contributed by atoms with Crippen LogP contribution in [-0.4, -0.2) is 23.0 Å². The molecule has 2 aliphatic rings. The molecule has 1 saturated heterocycles. The first kappa shape index (κ1) is 24.5. The van der Waals surface area contributed by atoms with Gasteiger partial charge in [0, 0.05) is 30.3 Å². The summed E-state index contributed by atoms with van der Waals surface area (Å²) >= 11 is 1.57. The van der Waals surface area contributed by atoms with Gasteiger partial charge in [-0.1, -0.05) is 80.4 Å². The van der Waals surface area contributed by atoms with Crippen LogP contribution in [-0.2, 0) is 5.67 Å². The molecule has 178 valence electrons. The van der Waals surface area contributed by atoms with E-state index in [1.54, 1.807) is 25.6 Å². The van der Waals surface area contributed by atoms with Crippen molar-refractivity contribution in [3.8, 4) is 11.1 Å². The summed E-state index contributed by atoms with van der Waals surface area (Å²) in [5.74, 6) is 0.898. The molecule has 0 bridgehead atoms. The Labute approximate surface area is 208 Å². The lowest BCUT2D eigenvalue weighted by atomic mass is 9.78. The highest BCUT2D eigenvalue weighted by atomic mass is 32.2. The third kappa shape index (κ3) is 5.22. The van der Waals surface area contributed by atoms with Crippen LogP contribution >= 0.6 is 11.8 Å². The van der Waals surface area contributed by atoms with Crippen LogP contribution < -0.4 is 0 Å². The van der Waals surface area contributed by atoms with Gasteiger partial charge in [0.25, 0.3) is 0 Å². The molecule has 1 aliphatic carbocycles. The minimum absolute atomic E-state index is 0.309. The molecular weight excluding hydrogens is 439 g/mol. The Morgan fingerprint density at radius 1 is 1.12 bits per heavy atom. The Morgan fingerprint density at radius 2 is 1.76 bits per heavy atom. The van der Waals surface area contributed by atoms with Crippen molar-refractivity contribution >= 4 is 22.5 Å². The van der Waals surface area contributed by atoms with E-state index >= 15 is 0 Å². The number of rotatable bonds is 6. The van der Waals surface area contributed by atoms with E-state index in [1.807, 2.05) is 36.4 Å². The van der Waals surface area contributed by atoms with Crippen molar-refractivity contribution in [3.63, 3.8) is 0 Å². The van der Waals surface area contributed by atoms with Gasteiger partial charge in [-0.15, -0.1) is 0 Å². The predicted octanol–water partition coefficient (Wildman–Crippen LogP) is 8.43. The van der Waals surface area contributed by atoms with Crippen molar-refractivity contribution in [1.82, 2.24) is 4.90 Å². The van der Waals surface area contributed by atoms with E-state index in [1.165, 1.54) is 11.1 Å². The van der Waals surface area contributed by atoms with Crippen molar-refractivity contribution < 1.29 is 4.39 Å². The number of hydrogen-bond acceptors (Lipinski definition) is 3. The summed E-state index contributed by atoms with van der Waals surface area (Å²) < 4.78 is 14.3. The van der Waals surface area contributed by atoms with E-state index < -0.39 is 5.67 Å². The fourth-order valence-electron chi connectivity index (χ4n) is 4.74. The number of piperidine rings is 1. The number of benzene rings is 2. The number of hydrogen-bond donors (Lipinski definition) is 1. The van der Waals surface area contributed by atoms with Crippen molar-refractivity contribution in [2.24, 2.45) is 11.8 Å². The fourth-order valence-corrected chi connectivity index (χ4v) is 5.68. The van der Waals surface area contributed by atoms with Gasteiger partial charge in [0.05, 0.1) is 5.04 Å². The van der Waals surface area contributed by atoms with Crippen molar-refractivity contribution in [2.75, 3.05) is 13.1 Å². The average Bonchev–Trinajstić information content (AvgIpc) is 2.85. The first-order valence-electron chi connectivity index (χ1n) is 12.1. The minimum Gasteiger partial charge on any atom is -0.371 e. The summed E-state index contributed by atoms with van der Waals surface area (Å²) in [5, 5.41) is 11.5. The van der Waals surface area contributed by atoms with E-state index in [-0.39, 0.29) is 0 Å². The van der Waals surface area contributed by atoms with Crippen LogP contribution in [0.5, 0.6) is 0 Å². The summed E-state index contributed by atoms with van der Waals surface area (Å²) in [6.45, 7) is 15.7. The third-order valence-electron chi connectivity index (χ3n) is 7.23. The summed E-state index contributed by atoms with van der Waals surface area (Å²) in [4.78, 5) is 2.35. The number of allylic oxidation sites excluding steroid dienone is 2. The largest absolute Gasteiger partial charge is 0.371 e. The third-order valence-corrected chi connectivity index (χ3v) is 8.22. The van der Waals surface area contributed by atoms with Gasteiger partial charge in [-0.05, 0) is 72.3 Å². The van der Waals surface area contributed by atoms with Crippen LogP contribution in [0.25, 0.3) is 16.8 Å². The van der Waals surface area contributed by atoms with Crippen LogP contribution in [0, 0.1) is 17.2 Å². The Hall–Kier alpha value is -2.59. The topological polar surface area (TPSA) is 27.1 Å². The number of likely N-dealkylation sites (tertiary alicyclic amines) is 1. The maximum atomic E-state index is 14.3. The van der Waals surface area contributed by atoms with Gasteiger partial charge in [-0.3, -0.25) is 5.41 Å². The van der Waals surface area contributed by atoms with Crippen molar-refractivity contribution in [1.29, 1.82) is 5.41 Å². The zero-order valence-corrected chi connectivity index (χ0v) is 21.4. The monoisotopic (exact) mass is 474 g/mol. The van der Waals surface area contributed by atoms with Gasteiger partial charge in [0.1, 0.15) is 5.67 Å². The zero-order chi connectivity index (χ0) is 24.5. The highest BCUT2D eigenvalue weighted by Gasteiger charge is 2.27. The SMILES string of the molecule is C=C1C(=CSC(=N)C2CCN(C(=C)c3ccccc3-c3ccc(C(C)(C)F)cc3)CC2)CC1C. The molecule has 1 unspecified atom stereocenters. The van der Waals surface area contributed by atoms with Crippen LogP contribution in [0.1, 0.15) is 51.2 Å². The molecule has 2 aromatic rings. The molecule has 1 aliphatic heterocycles. The standard InChI is InChI=1S/C30H35FN2S/c1-20-18-25(21(20)2)19-34-29(32)24-14-16-33(17-15-24)22(3)27-8-6-7-9-28(27)23-10-12-26(13-11-23)30(4,5)31/h6-13,19-20,24,32H,2-3,14-18H2,1,4-5H3. The summed E-state index contributed by atoms with van der Waals surface area (Å²) in [6, 6.07) is 16.1. The molecule has 2 fully saturated rings. The second-order valence-corrected chi connectivity index (χ2v) is 11.0. The van der Waals surface area contributed by atoms with Crippen LogP contribution in [0.2, 0.25) is 0 Å². The van der Waals surface area contributed by atoms with E-state index in [2.05, 4.69) is 42.5 Å². The van der Waals surface area contributed by atoms with E-state index in [0.717, 1.165) is 59.8 Å². The molecule has 1 heterocycles. The molecule has 0 spiro atoms. The van der Waals surface area contributed by atoms with Gasteiger partial charge in [-0.25, -0.2) is 4.39 Å². The van der Waals surface area contributed by atoms with Gasteiger partial charge in [0.2, 0.25) is 0 Å². The first-order chi connectivity index (χ1) is 16.1. The number of nitrogens with zero attached hydrogens (tertiary/aromatic N) is 1. The Kier molecular flexibility index (Phi) is 7.18. The number of thioether (sulfide) groups is 1. The lowest BCUT2D eigenvalue weighted by Crippen LogP contribution is -2.34. The molecule has 4 heteroatoms. The highest BCUT2D eigenvalue weighted by molar-refractivity contribution is 8.16. The van der Waals surface area contributed by atoms with E-state index in [9.17, 15) is 4.39 Å². The maximum Gasteiger partial charge on any atom is 0.130 e. The molecule has 0 radical (unpaired) electrons. The Morgan fingerprint density at radius 3 is 2.35 bits per heavy atom. The van der Waals surface area contributed by atoms with Gasteiger partial charge < -0.3 is 4.90 Å². The maximum absolute atomic E-state index is 14.3. The quantitative estimate of drug-likeness (QED) is 0.336. The van der Waals surface area contributed by atoms with Gasteiger partial charge in [0.15, 0.2) is 0 Å². The lowest BCUT2D eigenvalue weighted by molar-refractivity contribution is 0.221. The zero-order valence-electron chi connectivity index (χ0n) is 20.5. The fraction of sp³-hybridized carbons (Fsp3) is 0.367. The molecule has 2 nitrogen and oxygen atoms in total. The molecule has 2 aromatic carbocycles.